The number of aliphatic hydroxyl groups is 1. The Labute approximate surface area is 127 Å². The maximum atomic E-state index is 13.0. The van der Waals surface area contributed by atoms with Crippen LogP contribution in [0, 0.1) is 25.7 Å². The van der Waals surface area contributed by atoms with Crippen molar-refractivity contribution >= 4 is 10.0 Å². The summed E-state index contributed by atoms with van der Waals surface area (Å²) in [6.45, 7) is 8.93. The van der Waals surface area contributed by atoms with Crippen molar-refractivity contribution in [3.8, 4) is 0 Å². The molecule has 1 aliphatic rings. The Bertz CT molecular complexity index is 615. The molecule has 0 aliphatic carbocycles. The zero-order chi connectivity index (χ0) is 15.8. The predicted octanol–water partition coefficient (Wildman–Crippen LogP) is 2.46. The second kappa shape index (κ2) is 6.07. The normalized spacial score (nSPS) is 24.2. The zero-order valence-corrected chi connectivity index (χ0v) is 14.1. The van der Waals surface area contributed by atoms with Crippen LogP contribution in [0.3, 0.4) is 0 Å². The van der Waals surface area contributed by atoms with Crippen molar-refractivity contribution in [1.82, 2.24) is 4.31 Å². The molecule has 0 bridgehead atoms. The van der Waals surface area contributed by atoms with Crippen LogP contribution in [0.1, 0.15) is 37.0 Å². The highest BCUT2D eigenvalue weighted by atomic mass is 32.2. The minimum Gasteiger partial charge on any atom is -0.392 e. The molecule has 2 rings (SSSR count). The van der Waals surface area contributed by atoms with E-state index in [1.54, 1.807) is 10.4 Å². The van der Waals surface area contributed by atoms with Crippen LogP contribution < -0.4 is 0 Å². The van der Waals surface area contributed by atoms with Gasteiger partial charge in [-0.1, -0.05) is 19.9 Å². The van der Waals surface area contributed by atoms with Crippen LogP contribution in [0.25, 0.3) is 0 Å². The Morgan fingerprint density at radius 3 is 2.29 bits per heavy atom. The van der Waals surface area contributed by atoms with Crippen molar-refractivity contribution in [3.05, 3.63) is 28.8 Å². The van der Waals surface area contributed by atoms with Gasteiger partial charge < -0.3 is 5.11 Å². The summed E-state index contributed by atoms with van der Waals surface area (Å²) in [5, 5.41) is 9.33. The van der Waals surface area contributed by atoms with Crippen molar-refractivity contribution in [3.63, 3.8) is 0 Å². The van der Waals surface area contributed by atoms with Gasteiger partial charge in [-0.3, -0.25) is 0 Å². The number of rotatable bonds is 3. The van der Waals surface area contributed by atoms with Crippen LogP contribution in [0.5, 0.6) is 0 Å². The number of aliphatic hydroxyl groups excluding tert-OH is 1. The molecule has 118 valence electrons. The molecule has 1 fully saturated rings. The summed E-state index contributed by atoms with van der Waals surface area (Å²) >= 11 is 0. The van der Waals surface area contributed by atoms with Gasteiger partial charge in [-0.15, -0.1) is 0 Å². The van der Waals surface area contributed by atoms with Gasteiger partial charge in [-0.05, 0) is 54.9 Å². The first-order valence-corrected chi connectivity index (χ1v) is 8.90. The van der Waals surface area contributed by atoms with Gasteiger partial charge in [-0.25, -0.2) is 8.42 Å². The highest BCUT2D eigenvalue weighted by Crippen LogP contribution is 2.29. The zero-order valence-electron chi connectivity index (χ0n) is 13.3. The number of aryl methyl sites for hydroxylation is 1. The fourth-order valence-electron chi connectivity index (χ4n) is 3.20. The fourth-order valence-corrected chi connectivity index (χ4v) is 5.23. The number of sulfonamides is 1. The molecule has 2 unspecified atom stereocenters. The molecule has 5 heteroatoms. The summed E-state index contributed by atoms with van der Waals surface area (Å²) < 4.78 is 27.5. The molecule has 1 saturated heterocycles. The highest BCUT2D eigenvalue weighted by Gasteiger charge is 2.32. The molecule has 21 heavy (non-hydrogen) atoms. The van der Waals surface area contributed by atoms with Gasteiger partial charge in [0.25, 0.3) is 0 Å². The number of nitrogens with zero attached hydrogens (tertiary/aromatic N) is 1. The van der Waals surface area contributed by atoms with Gasteiger partial charge in [-0.2, -0.15) is 4.31 Å². The van der Waals surface area contributed by atoms with E-state index in [4.69, 9.17) is 0 Å². The Morgan fingerprint density at radius 1 is 1.19 bits per heavy atom. The minimum atomic E-state index is -3.49. The van der Waals surface area contributed by atoms with Crippen molar-refractivity contribution < 1.29 is 13.5 Å². The van der Waals surface area contributed by atoms with Crippen molar-refractivity contribution in [2.75, 3.05) is 13.1 Å². The molecular weight excluding hydrogens is 286 g/mol. The first kappa shape index (κ1) is 16.5. The summed E-state index contributed by atoms with van der Waals surface area (Å²) in [6.07, 6.45) is 1.07. The molecule has 1 aliphatic heterocycles. The van der Waals surface area contributed by atoms with Crippen molar-refractivity contribution in [1.29, 1.82) is 0 Å². The van der Waals surface area contributed by atoms with Gasteiger partial charge in [0.05, 0.1) is 11.5 Å². The van der Waals surface area contributed by atoms with Gasteiger partial charge in [0.2, 0.25) is 10.0 Å². The molecule has 0 saturated carbocycles. The molecule has 1 aromatic carbocycles. The van der Waals surface area contributed by atoms with E-state index >= 15 is 0 Å². The molecule has 0 aromatic heterocycles. The third-order valence-electron chi connectivity index (χ3n) is 4.32. The average molecular weight is 311 g/mol. The maximum Gasteiger partial charge on any atom is 0.243 e. The molecular formula is C16H25NO3S. The molecule has 1 aromatic rings. The lowest BCUT2D eigenvalue weighted by Gasteiger charge is -2.34. The molecule has 2 atom stereocenters. The standard InChI is InChI=1S/C16H25NO3S/c1-11-5-12(2)9-17(8-11)21(19,20)16-7-15(10-18)6-13(3)14(16)4/h6-7,11-12,18H,5,8-10H2,1-4H3. The van der Waals surface area contributed by atoms with Crippen LogP contribution in [0.15, 0.2) is 17.0 Å². The maximum absolute atomic E-state index is 13.0. The summed E-state index contributed by atoms with van der Waals surface area (Å²) in [4.78, 5) is 0.341. The van der Waals surface area contributed by atoms with Gasteiger partial charge in [0, 0.05) is 13.1 Å². The van der Waals surface area contributed by atoms with Crippen molar-refractivity contribution in [2.45, 2.75) is 45.6 Å². The Balaban J connectivity index is 2.46. The minimum absolute atomic E-state index is 0.142. The topological polar surface area (TPSA) is 57.6 Å². The molecule has 4 nitrogen and oxygen atoms in total. The third-order valence-corrected chi connectivity index (χ3v) is 6.27. The Kier molecular flexibility index (Phi) is 4.76. The van der Waals surface area contributed by atoms with Gasteiger partial charge in [0.1, 0.15) is 0 Å². The predicted molar refractivity (Wildman–Crippen MR) is 83.5 cm³/mol. The highest BCUT2D eigenvalue weighted by molar-refractivity contribution is 7.89. The second-order valence-electron chi connectivity index (χ2n) is 6.46. The molecule has 0 amide bonds. The first-order valence-electron chi connectivity index (χ1n) is 7.46. The average Bonchev–Trinajstić information content (AvgIpc) is 2.40. The molecule has 1 heterocycles. The summed E-state index contributed by atoms with van der Waals surface area (Å²) in [7, 11) is -3.49. The SMILES string of the molecule is Cc1cc(CO)cc(S(=O)(=O)N2CC(C)CC(C)C2)c1C. The van der Waals surface area contributed by atoms with E-state index in [0.717, 1.165) is 17.5 Å². The van der Waals surface area contributed by atoms with Crippen LogP contribution in [0.2, 0.25) is 0 Å². The van der Waals surface area contributed by atoms with E-state index in [1.807, 2.05) is 19.9 Å². The largest absolute Gasteiger partial charge is 0.392 e. The smallest absolute Gasteiger partial charge is 0.243 e. The van der Waals surface area contributed by atoms with Gasteiger partial charge >= 0.3 is 0 Å². The summed E-state index contributed by atoms with van der Waals surface area (Å²) in [5.41, 5.74) is 2.33. The van der Waals surface area contributed by atoms with Crippen molar-refractivity contribution in [2.24, 2.45) is 11.8 Å². The summed E-state index contributed by atoms with van der Waals surface area (Å²) in [5.74, 6) is 0.761. The van der Waals surface area contributed by atoms with E-state index in [-0.39, 0.29) is 6.61 Å². The number of piperidine rings is 1. The lowest BCUT2D eigenvalue weighted by atomic mass is 9.94. The summed E-state index contributed by atoms with van der Waals surface area (Å²) in [6, 6.07) is 3.46. The number of hydrogen-bond acceptors (Lipinski definition) is 3. The van der Waals surface area contributed by atoms with E-state index in [1.165, 1.54) is 0 Å². The van der Waals surface area contributed by atoms with E-state index < -0.39 is 10.0 Å². The van der Waals surface area contributed by atoms with E-state index in [9.17, 15) is 13.5 Å². The fraction of sp³-hybridized carbons (Fsp3) is 0.625. The quantitative estimate of drug-likeness (QED) is 0.933. The number of benzene rings is 1. The number of hydrogen-bond donors (Lipinski definition) is 1. The lowest BCUT2D eigenvalue weighted by Crippen LogP contribution is -2.42. The molecule has 0 radical (unpaired) electrons. The van der Waals surface area contributed by atoms with E-state index in [2.05, 4.69) is 13.8 Å². The lowest BCUT2D eigenvalue weighted by molar-refractivity contribution is 0.222. The molecule has 1 N–H and O–H groups in total. The Morgan fingerprint density at radius 2 is 1.76 bits per heavy atom. The van der Waals surface area contributed by atoms with Gasteiger partial charge in [0.15, 0.2) is 0 Å². The van der Waals surface area contributed by atoms with Crippen LogP contribution in [-0.2, 0) is 16.6 Å². The monoisotopic (exact) mass is 311 g/mol. The first-order chi connectivity index (χ1) is 9.75. The van der Waals surface area contributed by atoms with Crippen LogP contribution in [0.4, 0.5) is 0 Å². The Hall–Kier alpha value is -0.910. The third kappa shape index (κ3) is 3.30. The second-order valence-corrected chi connectivity index (χ2v) is 8.37. The van der Waals surface area contributed by atoms with Crippen LogP contribution in [-0.4, -0.2) is 30.9 Å². The molecule has 0 spiro atoms. The van der Waals surface area contributed by atoms with Crippen LogP contribution >= 0.6 is 0 Å². The van der Waals surface area contributed by atoms with E-state index in [0.29, 0.717) is 35.4 Å².